The topological polar surface area (TPSA) is 74.0 Å². The SMILES string of the molecule is O=C(O)C(F)(F)F.O=C1N(Cc2ccccc2)C[C@@]2(F)CN(Cc3ccc(Br)o3)C[C@@]12F. The van der Waals surface area contributed by atoms with Gasteiger partial charge in [-0.25, -0.2) is 13.6 Å². The largest absolute Gasteiger partial charge is 0.490 e. The summed E-state index contributed by atoms with van der Waals surface area (Å²) < 4.78 is 68.4. The molecule has 3 heterocycles. The minimum Gasteiger partial charge on any atom is -0.475 e. The third kappa shape index (κ3) is 4.96. The van der Waals surface area contributed by atoms with Crippen LogP contribution in [0.5, 0.6) is 0 Å². The van der Waals surface area contributed by atoms with Crippen molar-refractivity contribution in [2.45, 2.75) is 30.6 Å². The van der Waals surface area contributed by atoms with Crippen molar-refractivity contribution >= 4 is 27.8 Å². The van der Waals surface area contributed by atoms with Crippen molar-refractivity contribution in [1.82, 2.24) is 9.80 Å². The number of hydrogen-bond acceptors (Lipinski definition) is 4. The molecule has 6 nitrogen and oxygen atoms in total. The Hall–Kier alpha value is -2.47. The van der Waals surface area contributed by atoms with Crippen LogP contribution in [0.1, 0.15) is 11.3 Å². The van der Waals surface area contributed by atoms with Crippen LogP contribution in [-0.2, 0) is 22.7 Å². The molecular weight excluding hydrogens is 507 g/mol. The highest BCUT2D eigenvalue weighted by Crippen LogP contribution is 2.46. The molecule has 2 fully saturated rings. The lowest BCUT2D eigenvalue weighted by Crippen LogP contribution is -2.47. The molecule has 2 aliphatic heterocycles. The van der Waals surface area contributed by atoms with E-state index >= 15 is 8.78 Å². The van der Waals surface area contributed by atoms with Crippen molar-refractivity contribution in [1.29, 1.82) is 0 Å². The lowest BCUT2D eigenvalue weighted by atomic mass is 9.93. The van der Waals surface area contributed by atoms with Gasteiger partial charge in [0, 0.05) is 19.6 Å². The van der Waals surface area contributed by atoms with E-state index in [1.807, 2.05) is 30.3 Å². The molecule has 0 unspecified atom stereocenters. The first-order valence-electron chi connectivity index (χ1n) is 9.32. The third-order valence-electron chi connectivity index (χ3n) is 5.16. The number of alkyl halides is 5. The molecule has 1 aromatic carbocycles. The minimum atomic E-state index is -5.08. The number of amides is 1. The summed E-state index contributed by atoms with van der Waals surface area (Å²) in [5, 5.41) is 7.12. The van der Waals surface area contributed by atoms with Gasteiger partial charge in [-0.2, -0.15) is 13.2 Å². The molecule has 4 rings (SSSR count). The van der Waals surface area contributed by atoms with Crippen LogP contribution in [0.2, 0.25) is 0 Å². The summed E-state index contributed by atoms with van der Waals surface area (Å²) in [7, 11) is 0. The summed E-state index contributed by atoms with van der Waals surface area (Å²) in [4.78, 5) is 24.4. The number of likely N-dealkylation sites (tertiary alicyclic amines) is 2. The van der Waals surface area contributed by atoms with E-state index in [2.05, 4.69) is 15.9 Å². The van der Waals surface area contributed by atoms with Crippen molar-refractivity contribution in [3.63, 3.8) is 0 Å². The van der Waals surface area contributed by atoms with Gasteiger partial charge in [0.1, 0.15) is 5.76 Å². The van der Waals surface area contributed by atoms with Gasteiger partial charge in [-0.05, 0) is 33.6 Å². The molecule has 12 heteroatoms. The molecule has 174 valence electrons. The van der Waals surface area contributed by atoms with Crippen molar-refractivity contribution in [3.8, 4) is 0 Å². The molecule has 2 aliphatic rings. The standard InChI is InChI=1S/C18H17BrF2N2O2.C2HF3O2/c19-15-7-6-14(25-15)9-22-10-17(20)11-23(16(24)18(17,21)12-22)8-13-4-2-1-3-5-13;3-2(4,5)1(6)7/h1-7H,8-12H2;(H,6,7)/t17-,18+;/m0./s1. The van der Waals surface area contributed by atoms with Crippen molar-refractivity contribution in [2.24, 2.45) is 0 Å². The molecule has 2 saturated heterocycles. The van der Waals surface area contributed by atoms with E-state index in [-0.39, 0.29) is 32.7 Å². The Kier molecular flexibility index (Phi) is 6.66. The number of rotatable bonds is 4. The van der Waals surface area contributed by atoms with E-state index in [1.54, 1.807) is 17.0 Å². The first kappa shape index (κ1) is 24.2. The Labute approximate surface area is 187 Å². The maximum atomic E-state index is 15.3. The van der Waals surface area contributed by atoms with Gasteiger partial charge in [0.2, 0.25) is 5.67 Å². The first-order chi connectivity index (χ1) is 14.8. The van der Waals surface area contributed by atoms with E-state index < -0.39 is 29.4 Å². The highest BCUT2D eigenvalue weighted by molar-refractivity contribution is 9.10. The molecule has 1 amide bonds. The number of carbonyl (C=O) groups is 2. The van der Waals surface area contributed by atoms with Crippen LogP contribution in [0, 0.1) is 0 Å². The number of furan rings is 1. The number of benzene rings is 1. The Bertz CT molecular complexity index is 986. The zero-order valence-electron chi connectivity index (χ0n) is 16.4. The van der Waals surface area contributed by atoms with Gasteiger partial charge in [-0.1, -0.05) is 30.3 Å². The fraction of sp³-hybridized carbons (Fsp3) is 0.400. The summed E-state index contributed by atoms with van der Waals surface area (Å²) in [5.41, 5.74) is -3.82. The molecule has 0 radical (unpaired) electrons. The van der Waals surface area contributed by atoms with Gasteiger partial charge >= 0.3 is 12.1 Å². The Morgan fingerprint density at radius 1 is 1.06 bits per heavy atom. The van der Waals surface area contributed by atoms with E-state index in [4.69, 9.17) is 14.3 Å². The molecule has 0 saturated carbocycles. The smallest absolute Gasteiger partial charge is 0.475 e. The van der Waals surface area contributed by atoms with Gasteiger partial charge in [0.05, 0.1) is 13.1 Å². The van der Waals surface area contributed by atoms with Gasteiger partial charge < -0.3 is 14.4 Å². The maximum Gasteiger partial charge on any atom is 0.490 e. The van der Waals surface area contributed by atoms with E-state index in [0.29, 0.717) is 10.4 Å². The van der Waals surface area contributed by atoms with Gasteiger partial charge in [-0.15, -0.1) is 0 Å². The Balaban J connectivity index is 0.000000360. The second-order valence-electron chi connectivity index (χ2n) is 7.57. The fourth-order valence-electron chi connectivity index (χ4n) is 3.75. The molecule has 0 bridgehead atoms. The molecular formula is C20H18BrF5N2O4. The number of aliphatic carboxylic acids is 1. The number of halogens is 6. The molecule has 32 heavy (non-hydrogen) atoms. The lowest BCUT2D eigenvalue weighted by molar-refractivity contribution is -0.192. The van der Waals surface area contributed by atoms with Crippen LogP contribution in [0.3, 0.4) is 0 Å². The van der Waals surface area contributed by atoms with Crippen LogP contribution < -0.4 is 0 Å². The molecule has 0 aliphatic carbocycles. The van der Waals surface area contributed by atoms with Crippen LogP contribution in [0.4, 0.5) is 22.0 Å². The molecule has 2 atom stereocenters. The molecule has 1 N–H and O–H groups in total. The Morgan fingerprint density at radius 3 is 2.19 bits per heavy atom. The zero-order chi connectivity index (χ0) is 23.7. The number of carboxylic acid groups (broad SMARTS) is 1. The van der Waals surface area contributed by atoms with Crippen molar-refractivity contribution in [3.05, 3.63) is 58.5 Å². The number of fused-ring (bicyclic) bond motifs is 1. The molecule has 0 spiro atoms. The number of hydrogen-bond donors (Lipinski definition) is 1. The minimum absolute atomic E-state index is 0.126. The zero-order valence-corrected chi connectivity index (χ0v) is 18.0. The average Bonchev–Trinajstić information content (AvgIpc) is 3.26. The summed E-state index contributed by atoms with van der Waals surface area (Å²) in [6.07, 6.45) is -5.08. The number of carbonyl (C=O) groups excluding carboxylic acids is 1. The van der Waals surface area contributed by atoms with E-state index in [9.17, 15) is 18.0 Å². The van der Waals surface area contributed by atoms with Crippen LogP contribution in [0.25, 0.3) is 0 Å². The maximum absolute atomic E-state index is 15.3. The molecule has 2 aromatic rings. The summed E-state index contributed by atoms with van der Waals surface area (Å²) >= 11 is 3.21. The monoisotopic (exact) mass is 524 g/mol. The second-order valence-corrected chi connectivity index (χ2v) is 8.35. The number of nitrogens with zero attached hydrogens (tertiary/aromatic N) is 2. The van der Waals surface area contributed by atoms with E-state index in [0.717, 1.165) is 5.56 Å². The van der Waals surface area contributed by atoms with Crippen molar-refractivity contribution < 1.29 is 41.1 Å². The predicted molar refractivity (Wildman–Crippen MR) is 105 cm³/mol. The van der Waals surface area contributed by atoms with Gasteiger partial charge in [0.15, 0.2) is 10.3 Å². The summed E-state index contributed by atoms with van der Waals surface area (Å²) in [6, 6.07) is 12.7. The predicted octanol–water partition coefficient (Wildman–Crippen LogP) is 3.95. The Morgan fingerprint density at radius 2 is 1.69 bits per heavy atom. The third-order valence-corrected chi connectivity index (χ3v) is 5.59. The van der Waals surface area contributed by atoms with Crippen molar-refractivity contribution in [2.75, 3.05) is 19.6 Å². The van der Waals surface area contributed by atoms with E-state index in [1.165, 1.54) is 4.90 Å². The average molecular weight is 525 g/mol. The number of carboxylic acids is 1. The fourth-order valence-corrected chi connectivity index (χ4v) is 4.09. The normalized spacial score (nSPS) is 25.4. The van der Waals surface area contributed by atoms with Gasteiger partial charge in [0.25, 0.3) is 5.91 Å². The molecule has 1 aromatic heterocycles. The van der Waals surface area contributed by atoms with Gasteiger partial charge in [-0.3, -0.25) is 9.69 Å². The summed E-state index contributed by atoms with van der Waals surface area (Å²) in [5.74, 6) is -2.91. The van der Waals surface area contributed by atoms with Crippen LogP contribution in [-0.4, -0.2) is 63.9 Å². The highest BCUT2D eigenvalue weighted by Gasteiger charge is 2.70. The highest BCUT2D eigenvalue weighted by atomic mass is 79.9. The van der Waals surface area contributed by atoms with Crippen LogP contribution in [0.15, 0.2) is 51.6 Å². The second kappa shape index (κ2) is 8.81. The first-order valence-corrected chi connectivity index (χ1v) is 10.1. The lowest BCUT2D eigenvalue weighted by Gasteiger charge is -2.22. The summed E-state index contributed by atoms with van der Waals surface area (Å²) in [6.45, 7) is -0.114. The van der Waals surface area contributed by atoms with Crippen LogP contribution >= 0.6 is 15.9 Å². The quantitative estimate of drug-likeness (QED) is 0.613.